The molecule has 1 atom stereocenters. The lowest BCUT2D eigenvalue weighted by Crippen LogP contribution is -2.65. The summed E-state index contributed by atoms with van der Waals surface area (Å²) in [6.07, 6.45) is 5.09. The molecule has 190 valence electrons. The van der Waals surface area contributed by atoms with Crippen LogP contribution in [0.1, 0.15) is 48.5 Å². The molecule has 4 heterocycles. The lowest BCUT2D eigenvalue weighted by molar-refractivity contribution is -0.159. The fourth-order valence-electron chi connectivity index (χ4n) is 5.54. The largest absolute Gasteiger partial charge is 0.481 e. The van der Waals surface area contributed by atoms with Crippen LogP contribution in [-0.4, -0.2) is 64.5 Å². The number of carboxylic acid groups (broad SMARTS) is 1. The molecule has 36 heavy (non-hydrogen) atoms. The van der Waals surface area contributed by atoms with Crippen LogP contribution in [0.4, 0.5) is 5.82 Å². The molecule has 1 aliphatic carbocycles. The predicted molar refractivity (Wildman–Crippen MR) is 130 cm³/mol. The van der Waals surface area contributed by atoms with Gasteiger partial charge in [-0.3, -0.25) is 14.4 Å². The first kappa shape index (κ1) is 24.0. The van der Waals surface area contributed by atoms with Crippen LogP contribution in [0.25, 0.3) is 0 Å². The van der Waals surface area contributed by atoms with Crippen molar-refractivity contribution in [1.82, 2.24) is 20.2 Å². The molecule has 2 aromatic heterocycles. The second-order valence-electron chi connectivity index (χ2n) is 10.2. The van der Waals surface area contributed by atoms with E-state index in [-0.39, 0.29) is 36.0 Å². The van der Waals surface area contributed by atoms with Crippen molar-refractivity contribution >= 4 is 23.6 Å². The Bertz CT molecular complexity index is 1150. The fourth-order valence-corrected chi connectivity index (χ4v) is 5.54. The number of likely N-dealkylation sites (tertiary alicyclic amines) is 1. The number of nitrogens with zero attached hydrogens (tertiary/aromatic N) is 3. The van der Waals surface area contributed by atoms with E-state index < -0.39 is 12.0 Å². The summed E-state index contributed by atoms with van der Waals surface area (Å²) in [5, 5.41) is 15.5. The maximum absolute atomic E-state index is 12.9. The van der Waals surface area contributed by atoms with Crippen molar-refractivity contribution in [2.24, 2.45) is 11.3 Å². The zero-order valence-corrected chi connectivity index (χ0v) is 20.3. The van der Waals surface area contributed by atoms with Gasteiger partial charge in [0.25, 0.3) is 0 Å². The van der Waals surface area contributed by atoms with E-state index in [1.807, 2.05) is 11.0 Å². The first-order chi connectivity index (χ1) is 17.3. The van der Waals surface area contributed by atoms with Crippen molar-refractivity contribution < 1.29 is 24.2 Å². The number of carbonyl (C=O) groups excluding carboxylic acids is 2. The molecule has 2 fully saturated rings. The number of rotatable bonds is 8. The van der Waals surface area contributed by atoms with Gasteiger partial charge in [-0.15, -0.1) is 0 Å². The van der Waals surface area contributed by atoms with Crippen LogP contribution in [0.2, 0.25) is 0 Å². The number of carbonyl (C=O) groups is 3. The molecule has 2 amide bonds. The molecule has 1 saturated heterocycles. The third-order valence-corrected chi connectivity index (χ3v) is 7.48. The first-order valence-electron chi connectivity index (χ1n) is 12.4. The van der Waals surface area contributed by atoms with E-state index in [0.717, 1.165) is 30.9 Å². The van der Waals surface area contributed by atoms with Gasteiger partial charge in [-0.1, -0.05) is 12.1 Å². The highest BCUT2D eigenvalue weighted by molar-refractivity contribution is 5.82. The highest BCUT2D eigenvalue weighted by Crippen LogP contribution is 2.52. The van der Waals surface area contributed by atoms with Gasteiger partial charge in [0.2, 0.25) is 17.7 Å². The Morgan fingerprint density at radius 3 is 2.75 bits per heavy atom. The maximum Gasteiger partial charge on any atom is 0.305 e. The SMILES string of the molecule is COc1ccc([C@H](CC(=O)O)NC(=O)C2CC3(C2)CN(C(=O)Cc2ccc4c(n2)NCCC4)C3)cn1. The van der Waals surface area contributed by atoms with Crippen LogP contribution in [0, 0.1) is 11.3 Å². The molecule has 0 bridgehead atoms. The molecule has 3 N–H and O–H groups in total. The van der Waals surface area contributed by atoms with E-state index in [2.05, 4.69) is 26.7 Å². The number of carboxylic acids is 1. The number of methoxy groups -OCH3 is 1. The molecule has 2 aliphatic heterocycles. The minimum Gasteiger partial charge on any atom is -0.481 e. The Hall–Kier alpha value is -3.69. The van der Waals surface area contributed by atoms with Gasteiger partial charge in [0.1, 0.15) is 5.82 Å². The summed E-state index contributed by atoms with van der Waals surface area (Å²) in [4.78, 5) is 47.6. The monoisotopic (exact) mass is 493 g/mol. The summed E-state index contributed by atoms with van der Waals surface area (Å²) in [6.45, 7) is 2.22. The fraction of sp³-hybridized carbons (Fsp3) is 0.500. The summed E-state index contributed by atoms with van der Waals surface area (Å²) >= 11 is 0. The van der Waals surface area contributed by atoms with E-state index >= 15 is 0 Å². The number of aromatic nitrogens is 2. The molecule has 1 saturated carbocycles. The lowest BCUT2D eigenvalue weighted by Gasteiger charge is -2.58. The number of aliphatic carboxylic acids is 1. The number of hydrogen-bond acceptors (Lipinski definition) is 7. The molecular formula is C26H31N5O5. The van der Waals surface area contributed by atoms with Crippen molar-refractivity contribution in [3.63, 3.8) is 0 Å². The van der Waals surface area contributed by atoms with Crippen LogP contribution in [-0.2, 0) is 27.2 Å². The Labute approximate surface area is 209 Å². The van der Waals surface area contributed by atoms with E-state index in [0.29, 0.717) is 37.4 Å². The maximum atomic E-state index is 12.9. The number of fused-ring (bicyclic) bond motifs is 1. The Balaban J connectivity index is 1.11. The molecule has 10 heteroatoms. The third kappa shape index (κ3) is 4.98. The van der Waals surface area contributed by atoms with E-state index in [9.17, 15) is 19.5 Å². The van der Waals surface area contributed by atoms with E-state index in [1.165, 1.54) is 18.9 Å². The highest BCUT2D eigenvalue weighted by atomic mass is 16.5. The number of ether oxygens (including phenoxy) is 1. The molecule has 5 rings (SSSR count). The van der Waals surface area contributed by atoms with Gasteiger partial charge < -0.3 is 25.4 Å². The number of nitrogens with one attached hydrogen (secondary N) is 2. The second kappa shape index (κ2) is 9.75. The average Bonchev–Trinajstić information content (AvgIpc) is 2.81. The molecule has 0 aromatic carbocycles. The molecule has 0 unspecified atom stereocenters. The van der Waals surface area contributed by atoms with Crippen LogP contribution in [0.15, 0.2) is 30.5 Å². The lowest BCUT2D eigenvalue weighted by atomic mass is 9.57. The van der Waals surface area contributed by atoms with Crippen molar-refractivity contribution in [2.75, 3.05) is 32.1 Å². The predicted octanol–water partition coefficient (Wildman–Crippen LogP) is 1.96. The number of amides is 2. The van der Waals surface area contributed by atoms with Crippen molar-refractivity contribution in [3.05, 3.63) is 47.3 Å². The standard InChI is InChI=1S/C26H31N5O5/c1-36-21-7-5-17(13-28-21)20(10-23(33)34)30-25(35)18-11-26(12-18)14-31(15-26)22(32)9-19-6-4-16-3-2-8-27-24(16)29-19/h4-7,13,18,20H,2-3,8-12,14-15H2,1H3,(H,27,29)(H,30,35)(H,33,34)/t20-/m0/s1. The molecule has 1 spiro atoms. The van der Waals surface area contributed by atoms with E-state index in [4.69, 9.17) is 4.74 Å². The minimum atomic E-state index is -1.00. The number of hydrogen-bond donors (Lipinski definition) is 3. The third-order valence-electron chi connectivity index (χ3n) is 7.48. The van der Waals surface area contributed by atoms with Gasteiger partial charge in [-0.25, -0.2) is 9.97 Å². The van der Waals surface area contributed by atoms with Crippen LogP contribution in [0.3, 0.4) is 0 Å². The summed E-state index contributed by atoms with van der Waals surface area (Å²) in [5.41, 5.74) is 2.59. The number of pyridine rings is 2. The Morgan fingerprint density at radius 2 is 2.06 bits per heavy atom. The van der Waals surface area contributed by atoms with Crippen LogP contribution >= 0.6 is 0 Å². The van der Waals surface area contributed by atoms with Crippen molar-refractivity contribution in [3.8, 4) is 5.88 Å². The molecule has 10 nitrogen and oxygen atoms in total. The van der Waals surface area contributed by atoms with Gasteiger partial charge in [0.15, 0.2) is 0 Å². The number of aryl methyl sites for hydroxylation is 1. The van der Waals surface area contributed by atoms with Crippen molar-refractivity contribution in [2.45, 2.75) is 44.6 Å². The van der Waals surface area contributed by atoms with Crippen LogP contribution in [0.5, 0.6) is 5.88 Å². The van der Waals surface area contributed by atoms with Gasteiger partial charge in [0.05, 0.1) is 31.7 Å². The molecule has 0 radical (unpaired) electrons. The summed E-state index contributed by atoms with van der Waals surface area (Å²) in [5.74, 6) is 0.0366. The zero-order chi connectivity index (χ0) is 25.3. The number of anilines is 1. The minimum absolute atomic E-state index is 0.00747. The Kier molecular flexibility index (Phi) is 6.51. The van der Waals surface area contributed by atoms with Crippen molar-refractivity contribution in [1.29, 1.82) is 0 Å². The smallest absolute Gasteiger partial charge is 0.305 e. The zero-order valence-electron chi connectivity index (χ0n) is 20.3. The topological polar surface area (TPSA) is 134 Å². The highest BCUT2D eigenvalue weighted by Gasteiger charge is 2.55. The summed E-state index contributed by atoms with van der Waals surface area (Å²) in [7, 11) is 1.50. The molecular weight excluding hydrogens is 462 g/mol. The second-order valence-corrected chi connectivity index (χ2v) is 10.2. The quantitative estimate of drug-likeness (QED) is 0.508. The summed E-state index contributed by atoms with van der Waals surface area (Å²) < 4.78 is 5.05. The van der Waals surface area contributed by atoms with Gasteiger partial charge >= 0.3 is 5.97 Å². The van der Waals surface area contributed by atoms with Gasteiger partial charge in [-0.05, 0) is 42.9 Å². The van der Waals surface area contributed by atoms with Crippen LogP contribution < -0.4 is 15.4 Å². The van der Waals surface area contributed by atoms with Gasteiger partial charge in [-0.2, -0.15) is 0 Å². The summed E-state index contributed by atoms with van der Waals surface area (Å²) in [6, 6.07) is 6.69. The Morgan fingerprint density at radius 1 is 1.25 bits per heavy atom. The average molecular weight is 494 g/mol. The van der Waals surface area contributed by atoms with E-state index in [1.54, 1.807) is 12.1 Å². The molecule has 3 aliphatic rings. The normalized spacial score (nSPS) is 18.8. The first-order valence-corrected chi connectivity index (χ1v) is 12.4. The van der Waals surface area contributed by atoms with Gasteiger partial charge in [0, 0.05) is 43.2 Å². The molecule has 2 aromatic rings.